The Balaban J connectivity index is 1.34. The van der Waals surface area contributed by atoms with Crippen LogP contribution in [-0.4, -0.2) is 70.1 Å². The standard InChI is InChI=1S/C22H28N6O2S/c1-3-7-18-14-19(29)28-21(23-18)31-22(24-28)25(2)16-20(30)27-12-10-26(11-13-27)15-17-8-5-4-6-9-17/h4-6,8-9,14H,3,7,10-13,15-16H2,1-2H3. The van der Waals surface area contributed by atoms with Crippen LogP contribution in [0.15, 0.2) is 41.2 Å². The second-order valence-corrected chi connectivity index (χ2v) is 8.85. The van der Waals surface area contributed by atoms with Crippen molar-refractivity contribution in [3.63, 3.8) is 0 Å². The van der Waals surface area contributed by atoms with Gasteiger partial charge in [0.25, 0.3) is 5.56 Å². The number of hydrogen-bond acceptors (Lipinski definition) is 7. The fourth-order valence-corrected chi connectivity index (χ4v) is 4.64. The van der Waals surface area contributed by atoms with Gasteiger partial charge >= 0.3 is 0 Å². The zero-order valence-corrected chi connectivity index (χ0v) is 18.8. The zero-order chi connectivity index (χ0) is 21.8. The van der Waals surface area contributed by atoms with E-state index in [1.54, 1.807) is 11.0 Å². The number of hydrogen-bond donors (Lipinski definition) is 0. The summed E-state index contributed by atoms with van der Waals surface area (Å²) >= 11 is 1.34. The molecule has 0 unspecified atom stereocenters. The molecule has 1 fully saturated rings. The van der Waals surface area contributed by atoms with Gasteiger partial charge in [0.15, 0.2) is 0 Å². The second-order valence-electron chi connectivity index (χ2n) is 7.91. The largest absolute Gasteiger partial charge is 0.340 e. The van der Waals surface area contributed by atoms with Gasteiger partial charge < -0.3 is 9.80 Å². The van der Waals surface area contributed by atoms with Crippen LogP contribution in [0.2, 0.25) is 0 Å². The van der Waals surface area contributed by atoms with E-state index < -0.39 is 0 Å². The lowest BCUT2D eigenvalue weighted by atomic mass is 10.2. The van der Waals surface area contributed by atoms with Gasteiger partial charge in [-0.1, -0.05) is 55.0 Å². The van der Waals surface area contributed by atoms with E-state index in [9.17, 15) is 9.59 Å². The van der Waals surface area contributed by atoms with Gasteiger partial charge in [0.2, 0.25) is 16.0 Å². The number of aryl methyl sites for hydroxylation is 1. The Morgan fingerprint density at radius 1 is 1.16 bits per heavy atom. The van der Waals surface area contributed by atoms with E-state index in [0.29, 0.717) is 10.1 Å². The van der Waals surface area contributed by atoms with Gasteiger partial charge in [0, 0.05) is 51.5 Å². The highest BCUT2D eigenvalue weighted by molar-refractivity contribution is 7.20. The number of amides is 1. The zero-order valence-electron chi connectivity index (χ0n) is 18.0. The summed E-state index contributed by atoms with van der Waals surface area (Å²) in [5.41, 5.74) is 1.91. The average Bonchev–Trinajstić information content (AvgIpc) is 3.20. The van der Waals surface area contributed by atoms with Crippen molar-refractivity contribution in [3.05, 3.63) is 58.0 Å². The third-order valence-corrected chi connectivity index (χ3v) is 6.49. The maximum absolute atomic E-state index is 12.8. The van der Waals surface area contributed by atoms with Crippen LogP contribution in [0.3, 0.4) is 0 Å². The van der Waals surface area contributed by atoms with E-state index in [1.165, 1.54) is 21.4 Å². The Bertz CT molecular complexity index is 1090. The van der Waals surface area contributed by atoms with E-state index in [0.717, 1.165) is 51.3 Å². The molecule has 164 valence electrons. The summed E-state index contributed by atoms with van der Waals surface area (Å²) in [6, 6.07) is 12.0. The maximum atomic E-state index is 12.8. The molecule has 1 amide bonds. The van der Waals surface area contributed by atoms with Crippen molar-refractivity contribution in [2.45, 2.75) is 26.3 Å². The first-order valence-corrected chi connectivity index (χ1v) is 11.5. The van der Waals surface area contributed by atoms with Crippen molar-refractivity contribution in [2.24, 2.45) is 0 Å². The van der Waals surface area contributed by atoms with Crippen molar-refractivity contribution in [1.29, 1.82) is 0 Å². The molecule has 9 heteroatoms. The minimum absolute atomic E-state index is 0.0769. The highest BCUT2D eigenvalue weighted by Gasteiger charge is 2.23. The van der Waals surface area contributed by atoms with E-state index in [1.807, 2.05) is 18.0 Å². The van der Waals surface area contributed by atoms with Crippen LogP contribution in [0.25, 0.3) is 4.96 Å². The lowest BCUT2D eigenvalue weighted by Gasteiger charge is -2.35. The van der Waals surface area contributed by atoms with Gasteiger partial charge in [-0.25, -0.2) is 4.98 Å². The molecule has 0 radical (unpaired) electrons. The summed E-state index contributed by atoms with van der Waals surface area (Å²) in [6.45, 7) is 6.38. The molecular weight excluding hydrogens is 412 g/mol. The number of rotatable bonds is 7. The van der Waals surface area contributed by atoms with Crippen LogP contribution in [0.4, 0.5) is 5.13 Å². The van der Waals surface area contributed by atoms with E-state index in [-0.39, 0.29) is 18.0 Å². The molecule has 8 nitrogen and oxygen atoms in total. The fraction of sp³-hybridized carbons (Fsp3) is 0.455. The number of aromatic nitrogens is 3. The van der Waals surface area contributed by atoms with Crippen molar-refractivity contribution >= 4 is 27.3 Å². The van der Waals surface area contributed by atoms with Crippen LogP contribution in [0.1, 0.15) is 24.6 Å². The van der Waals surface area contributed by atoms with Crippen molar-refractivity contribution < 1.29 is 4.79 Å². The van der Waals surface area contributed by atoms with Gasteiger partial charge in [-0.05, 0) is 12.0 Å². The quantitative estimate of drug-likeness (QED) is 0.559. The summed E-state index contributed by atoms with van der Waals surface area (Å²) in [4.78, 5) is 36.3. The molecule has 1 aliphatic rings. The molecule has 2 aromatic heterocycles. The molecule has 1 aromatic carbocycles. The first kappa shape index (κ1) is 21.5. The van der Waals surface area contributed by atoms with Crippen LogP contribution >= 0.6 is 11.3 Å². The Hall–Kier alpha value is -2.78. The predicted molar refractivity (Wildman–Crippen MR) is 123 cm³/mol. The lowest BCUT2D eigenvalue weighted by Crippen LogP contribution is -2.50. The number of benzene rings is 1. The van der Waals surface area contributed by atoms with Gasteiger partial charge in [0.1, 0.15) is 0 Å². The third-order valence-electron chi connectivity index (χ3n) is 5.47. The molecule has 3 aromatic rings. The number of carbonyl (C=O) groups is 1. The third kappa shape index (κ3) is 5.11. The van der Waals surface area contributed by atoms with Crippen LogP contribution in [0, 0.1) is 0 Å². The first-order valence-electron chi connectivity index (χ1n) is 10.7. The Kier molecular flexibility index (Phi) is 6.62. The minimum Gasteiger partial charge on any atom is -0.340 e. The van der Waals surface area contributed by atoms with Crippen molar-refractivity contribution in [1.82, 2.24) is 24.4 Å². The Morgan fingerprint density at radius 3 is 2.61 bits per heavy atom. The molecule has 0 aliphatic carbocycles. The molecule has 31 heavy (non-hydrogen) atoms. The summed E-state index contributed by atoms with van der Waals surface area (Å²) in [5, 5.41) is 5.00. The van der Waals surface area contributed by atoms with Crippen LogP contribution in [-0.2, 0) is 17.8 Å². The van der Waals surface area contributed by atoms with E-state index in [2.05, 4.69) is 46.2 Å². The Morgan fingerprint density at radius 2 is 1.90 bits per heavy atom. The highest BCUT2D eigenvalue weighted by Crippen LogP contribution is 2.20. The number of nitrogens with zero attached hydrogens (tertiary/aromatic N) is 6. The molecule has 0 saturated carbocycles. The smallest absolute Gasteiger partial charge is 0.275 e. The molecule has 1 saturated heterocycles. The summed E-state index contributed by atoms with van der Waals surface area (Å²) in [6.07, 6.45) is 1.70. The number of anilines is 1. The summed E-state index contributed by atoms with van der Waals surface area (Å²) in [7, 11) is 1.83. The van der Waals surface area contributed by atoms with Crippen LogP contribution in [0.5, 0.6) is 0 Å². The number of likely N-dealkylation sites (N-methyl/N-ethyl adjacent to an activating group) is 1. The highest BCUT2D eigenvalue weighted by atomic mass is 32.1. The van der Waals surface area contributed by atoms with Gasteiger partial charge in [-0.2, -0.15) is 4.52 Å². The summed E-state index contributed by atoms with van der Waals surface area (Å²) < 4.78 is 1.32. The molecule has 0 atom stereocenters. The first-order chi connectivity index (χ1) is 15.0. The maximum Gasteiger partial charge on any atom is 0.275 e. The van der Waals surface area contributed by atoms with E-state index >= 15 is 0 Å². The van der Waals surface area contributed by atoms with Gasteiger partial charge in [0.05, 0.1) is 6.54 Å². The average molecular weight is 441 g/mol. The molecule has 3 heterocycles. The molecule has 0 bridgehead atoms. The monoisotopic (exact) mass is 440 g/mol. The molecule has 1 aliphatic heterocycles. The van der Waals surface area contributed by atoms with Crippen LogP contribution < -0.4 is 10.5 Å². The normalized spacial score (nSPS) is 14.8. The molecule has 0 N–H and O–H groups in total. The fourth-order valence-electron chi connectivity index (χ4n) is 3.75. The minimum atomic E-state index is -0.176. The second kappa shape index (κ2) is 9.57. The van der Waals surface area contributed by atoms with Gasteiger partial charge in [-0.3, -0.25) is 14.5 Å². The topological polar surface area (TPSA) is 74.1 Å². The predicted octanol–water partition coefficient (Wildman–Crippen LogP) is 1.88. The van der Waals surface area contributed by atoms with Crippen molar-refractivity contribution in [3.8, 4) is 0 Å². The molecule has 0 spiro atoms. The molecular formula is C22H28N6O2S. The number of carbonyl (C=O) groups excluding carboxylic acids is 1. The number of fused-ring (bicyclic) bond motifs is 1. The summed E-state index contributed by atoms with van der Waals surface area (Å²) in [5.74, 6) is 0.0769. The Labute approximate surface area is 185 Å². The molecule has 4 rings (SSSR count). The van der Waals surface area contributed by atoms with E-state index in [4.69, 9.17) is 0 Å². The van der Waals surface area contributed by atoms with Gasteiger partial charge in [-0.15, -0.1) is 5.10 Å². The van der Waals surface area contributed by atoms with Crippen molar-refractivity contribution in [2.75, 3.05) is 44.7 Å². The SMILES string of the molecule is CCCc1cc(=O)n2nc(N(C)CC(=O)N3CCN(Cc4ccccc4)CC3)sc2n1. The number of piperazine rings is 1. The lowest BCUT2D eigenvalue weighted by molar-refractivity contribution is -0.131.